The van der Waals surface area contributed by atoms with Crippen LogP contribution in [0.2, 0.25) is 0 Å². The average molecular weight is 359 g/mol. The summed E-state index contributed by atoms with van der Waals surface area (Å²) in [6, 6.07) is 5.84. The molecule has 1 aromatic heterocycles. The lowest BCUT2D eigenvalue weighted by Gasteiger charge is -2.26. The molecule has 6 heteroatoms. The standard InChI is InChI=1S/C20H26FN3O2/c1-3-5-7-14(4-2)20(25)24-13-6-8-17(24)19-22-18(23-26-19)15-9-11-16(21)12-10-15/h9-12,14,17H,3-8,13H2,1-2H3/t14-,17-/m1/s1. The van der Waals surface area contributed by atoms with Gasteiger partial charge in [0.15, 0.2) is 0 Å². The molecule has 0 radical (unpaired) electrons. The summed E-state index contributed by atoms with van der Waals surface area (Å²) in [5.74, 6) is 0.862. The molecule has 0 spiro atoms. The predicted octanol–water partition coefficient (Wildman–Crippen LogP) is 4.76. The van der Waals surface area contributed by atoms with E-state index in [-0.39, 0.29) is 23.7 Å². The van der Waals surface area contributed by atoms with Crippen molar-refractivity contribution in [3.63, 3.8) is 0 Å². The molecular formula is C20H26FN3O2. The SMILES string of the molecule is CCCC[C@@H](CC)C(=O)N1CCC[C@@H]1c1nc(-c2ccc(F)cc2)no1. The Bertz CT molecular complexity index is 729. The Kier molecular flexibility index (Phi) is 6.01. The van der Waals surface area contributed by atoms with Crippen LogP contribution >= 0.6 is 0 Å². The van der Waals surface area contributed by atoms with Crippen molar-refractivity contribution in [2.75, 3.05) is 6.54 Å². The second kappa shape index (κ2) is 8.43. The largest absolute Gasteiger partial charge is 0.337 e. The van der Waals surface area contributed by atoms with Crippen molar-refractivity contribution < 1.29 is 13.7 Å². The Hall–Kier alpha value is -2.24. The molecule has 26 heavy (non-hydrogen) atoms. The van der Waals surface area contributed by atoms with Crippen LogP contribution in [-0.2, 0) is 4.79 Å². The number of carbonyl (C=O) groups excluding carboxylic acids is 1. The number of aromatic nitrogens is 2. The molecule has 5 nitrogen and oxygen atoms in total. The summed E-state index contributed by atoms with van der Waals surface area (Å²) >= 11 is 0. The topological polar surface area (TPSA) is 59.2 Å². The van der Waals surface area contributed by atoms with Gasteiger partial charge >= 0.3 is 0 Å². The highest BCUT2D eigenvalue weighted by molar-refractivity contribution is 5.79. The Balaban J connectivity index is 1.76. The lowest BCUT2D eigenvalue weighted by atomic mass is 9.97. The molecule has 1 aliphatic rings. The Morgan fingerprint density at radius 2 is 2.12 bits per heavy atom. The van der Waals surface area contributed by atoms with E-state index in [1.165, 1.54) is 12.1 Å². The van der Waals surface area contributed by atoms with Gasteiger partial charge in [0.2, 0.25) is 17.6 Å². The molecule has 1 aromatic carbocycles. The number of unbranched alkanes of at least 4 members (excludes halogenated alkanes) is 1. The molecule has 0 aliphatic carbocycles. The number of rotatable bonds is 7. The highest BCUT2D eigenvalue weighted by atomic mass is 19.1. The third-order valence-corrected chi connectivity index (χ3v) is 5.11. The van der Waals surface area contributed by atoms with Crippen LogP contribution in [0, 0.1) is 11.7 Å². The third-order valence-electron chi connectivity index (χ3n) is 5.11. The van der Waals surface area contributed by atoms with Crippen molar-refractivity contribution in [3.8, 4) is 11.4 Å². The number of halogens is 1. The molecule has 2 aromatic rings. The first-order chi connectivity index (χ1) is 12.6. The molecule has 2 heterocycles. The van der Waals surface area contributed by atoms with Crippen LogP contribution in [0.4, 0.5) is 4.39 Å². The van der Waals surface area contributed by atoms with E-state index in [0.717, 1.165) is 45.1 Å². The van der Waals surface area contributed by atoms with Crippen LogP contribution < -0.4 is 0 Å². The van der Waals surface area contributed by atoms with Crippen LogP contribution in [0.3, 0.4) is 0 Å². The van der Waals surface area contributed by atoms with Crippen LogP contribution in [0.5, 0.6) is 0 Å². The highest BCUT2D eigenvalue weighted by Crippen LogP contribution is 2.34. The van der Waals surface area contributed by atoms with Crippen LogP contribution in [0.15, 0.2) is 28.8 Å². The van der Waals surface area contributed by atoms with Gasteiger partial charge in [0.25, 0.3) is 0 Å². The van der Waals surface area contributed by atoms with E-state index in [4.69, 9.17) is 4.52 Å². The van der Waals surface area contributed by atoms with E-state index in [9.17, 15) is 9.18 Å². The van der Waals surface area contributed by atoms with Gasteiger partial charge in [0.05, 0.1) is 0 Å². The van der Waals surface area contributed by atoms with Gasteiger partial charge in [-0.2, -0.15) is 4.98 Å². The molecule has 140 valence electrons. The quantitative estimate of drug-likeness (QED) is 0.715. The summed E-state index contributed by atoms with van der Waals surface area (Å²) < 4.78 is 18.5. The van der Waals surface area contributed by atoms with Crippen molar-refractivity contribution in [2.45, 2.75) is 58.4 Å². The van der Waals surface area contributed by atoms with Gasteiger partial charge in [-0.15, -0.1) is 0 Å². The normalized spacial score (nSPS) is 18.3. The van der Waals surface area contributed by atoms with Gasteiger partial charge in [-0.25, -0.2) is 4.39 Å². The maximum atomic E-state index is 13.1. The van der Waals surface area contributed by atoms with E-state index in [1.807, 2.05) is 4.90 Å². The van der Waals surface area contributed by atoms with Crippen LogP contribution in [0.25, 0.3) is 11.4 Å². The van der Waals surface area contributed by atoms with Crippen molar-refractivity contribution in [1.29, 1.82) is 0 Å². The predicted molar refractivity (Wildman–Crippen MR) is 96.7 cm³/mol. The fourth-order valence-electron chi connectivity index (χ4n) is 3.56. The molecule has 3 rings (SSSR count). The maximum absolute atomic E-state index is 13.1. The minimum absolute atomic E-state index is 0.0649. The van der Waals surface area contributed by atoms with Gasteiger partial charge in [-0.1, -0.05) is 31.8 Å². The number of likely N-dealkylation sites (tertiary alicyclic amines) is 1. The van der Waals surface area contributed by atoms with Gasteiger partial charge in [0.1, 0.15) is 11.9 Å². The second-order valence-electron chi connectivity index (χ2n) is 6.90. The summed E-state index contributed by atoms with van der Waals surface area (Å²) in [5.41, 5.74) is 0.701. The molecule has 0 N–H and O–H groups in total. The summed E-state index contributed by atoms with van der Waals surface area (Å²) in [6.45, 7) is 4.95. The number of nitrogens with zero attached hydrogens (tertiary/aromatic N) is 3. The zero-order valence-electron chi connectivity index (χ0n) is 15.4. The minimum atomic E-state index is -0.303. The van der Waals surface area contributed by atoms with E-state index < -0.39 is 0 Å². The van der Waals surface area contributed by atoms with E-state index >= 15 is 0 Å². The molecule has 0 saturated carbocycles. The summed E-state index contributed by atoms with van der Waals surface area (Å²) in [7, 11) is 0. The number of hydrogen-bond donors (Lipinski definition) is 0. The third kappa shape index (κ3) is 3.94. The Labute approximate surface area is 153 Å². The van der Waals surface area contributed by atoms with Crippen LogP contribution in [-0.4, -0.2) is 27.5 Å². The Morgan fingerprint density at radius 3 is 2.81 bits per heavy atom. The van der Waals surface area contributed by atoms with E-state index in [0.29, 0.717) is 17.3 Å². The monoisotopic (exact) mass is 359 g/mol. The maximum Gasteiger partial charge on any atom is 0.249 e. The lowest BCUT2D eigenvalue weighted by molar-refractivity contribution is -0.137. The van der Waals surface area contributed by atoms with Crippen LogP contribution in [0.1, 0.15) is 64.3 Å². The van der Waals surface area contributed by atoms with E-state index in [2.05, 4.69) is 24.0 Å². The first kappa shape index (κ1) is 18.5. The summed E-state index contributed by atoms with van der Waals surface area (Å²) in [4.78, 5) is 19.4. The number of carbonyl (C=O) groups is 1. The molecule has 0 unspecified atom stereocenters. The second-order valence-corrected chi connectivity index (χ2v) is 6.90. The smallest absolute Gasteiger partial charge is 0.249 e. The number of amides is 1. The summed E-state index contributed by atoms with van der Waals surface area (Å²) in [5, 5.41) is 4.02. The molecule has 1 fully saturated rings. The molecule has 1 aliphatic heterocycles. The Morgan fingerprint density at radius 1 is 1.35 bits per heavy atom. The number of benzene rings is 1. The lowest BCUT2D eigenvalue weighted by Crippen LogP contribution is -2.35. The summed E-state index contributed by atoms with van der Waals surface area (Å²) in [6.07, 6.45) is 5.72. The molecular weight excluding hydrogens is 333 g/mol. The van der Waals surface area contributed by atoms with Gasteiger partial charge in [0, 0.05) is 18.0 Å². The fourth-order valence-corrected chi connectivity index (χ4v) is 3.56. The van der Waals surface area contributed by atoms with Crippen molar-refractivity contribution in [1.82, 2.24) is 15.0 Å². The van der Waals surface area contributed by atoms with Crippen molar-refractivity contribution in [2.24, 2.45) is 5.92 Å². The van der Waals surface area contributed by atoms with Gasteiger partial charge < -0.3 is 9.42 Å². The molecule has 0 bridgehead atoms. The molecule has 2 atom stereocenters. The minimum Gasteiger partial charge on any atom is -0.337 e. The van der Waals surface area contributed by atoms with Crippen molar-refractivity contribution in [3.05, 3.63) is 36.0 Å². The van der Waals surface area contributed by atoms with Gasteiger partial charge in [-0.05, 0) is 49.9 Å². The molecule has 1 saturated heterocycles. The zero-order chi connectivity index (χ0) is 18.5. The van der Waals surface area contributed by atoms with E-state index in [1.54, 1.807) is 12.1 Å². The number of hydrogen-bond acceptors (Lipinski definition) is 4. The first-order valence-corrected chi connectivity index (χ1v) is 9.54. The zero-order valence-corrected chi connectivity index (χ0v) is 15.4. The fraction of sp³-hybridized carbons (Fsp3) is 0.550. The molecule has 1 amide bonds. The highest BCUT2D eigenvalue weighted by Gasteiger charge is 2.36. The van der Waals surface area contributed by atoms with Gasteiger partial charge in [-0.3, -0.25) is 4.79 Å². The average Bonchev–Trinajstić information content (AvgIpc) is 3.32. The van der Waals surface area contributed by atoms with Crippen molar-refractivity contribution >= 4 is 5.91 Å². The first-order valence-electron chi connectivity index (χ1n) is 9.54.